The lowest BCUT2D eigenvalue weighted by molar-refractivity contribution is -0.115. The van der Waals surface area contributed by atoms with Gasteiger partial charge in [-0.2, -0.15) is 0 Å². The van der Waals surface area contributed by atoms with E-state index >= 15 is 0 Å². The van der Waals surface area contributed by atoms with E-state index in [1.54, 1.807) is 31.0 Å². The van der Waals surface area contributed by atoms with Crippen molar-refractivity contribution < 1.29 is 9.53 Å². The van der Waals surface area contributed by atoms with Gasteiger partial charge in [0.1, 0.15) is 10.8 Å². The smallest absolute Gasteiger partial charge is 0.228 e. The molecule has 1 aromatic heterocycles. The average molecular weight is 414 g/mol. The molecule has 144 valence electrons. The van der Waals surface area contributed by atoms with E-state index in [0.29, 0.717) is 16.5 Å². The molecule has 0 saturated carbocycles. The third-order valence-electron chi connectivity index (χ3n) is 3.96. The maximum Gasteiger partial charge on any atom is 0.228 e. The highest BCUT2D eigenvalue weighted by Gasteiger charge is 2.09. The molecule has 0 fully saturated rings. The number of ether oxygens (including phenoxy) is 1. The second-order valence-corrected chi connectivity index (χ2v) is 7.66. The maximum absolute atomic E-state index is 12.4. The Kier molecular flexibility index (Phi) is 6.90. The Morgan fingerprint density at radius 2 is 2.00 bits per heavy atom. The molecule has 1 N–H and O–H groups in total. The SMILES string of the molecule is CCSc1ccc(-c2cccc(NC(=O)Cc3ccc(OC)c(Cl)c3)c2)nn1. The van der Waals surface area contributed by atoms with E-state index in [1.807, 2.05) is 42.5 Å². The topological polar surface area (TPSA) is 64.1 Å². The van der Waals surface area contributed by atoms with Gasteiger partial charge < -0.3 is 10.1 Å². The van der Waals surface area contributed by atoms with Crippen molar-refractivity contribution in [1.82, 2.24) is 10.2 Å². The normalized spacial score (nSPS) is 10.5. The van der Waals surface area contributed by atoms with E-state index in [2.05, 4.69) is 22.4 Å². The van der Waals surface area contributed by atoms with Crippen LogP contribution in [0.5, 0.6) is 5.75 Å². The van der Waals surface area contributed by atoms with Crippen LogP contribution in [0.3, 0.4) is 0 Å². The molecule has 0 aliphatic heterocycles. The monoisotopic (exact) mass is 413 g/mol. The Balaban J connectivity index is 1.68. The molecule has 3 aromatic rings. The lowest BCUT2D eigenvalue weighted by Crippen LogP contribution is -2.14. The van der Waals surface area contributed by atoms with Gasteiger partial charge in [-0.15, -0.1) is 22.0 Å². The van der Waals surface area contributed by atoms with E-state index < -0.39 is 0 Å². The lowest BCUT2D eigenvalue weighted by atomic mass is 10.1. The molecule has 0 spiro atoms. The number of nitrogens with one attached hydrogen (secondary N) is 1. The Morgan fingerprint density at radius 1 is 1.14 bits per heavy atom. The van der Waals surface area contributed by atoms with Gasteiger partial charge in [0, 0.05) is 11.3 Å². The highest BCUT2D eigenvalue weighted by Crippen LogP contribution is 2.26. The quantitative estimate of drug-likeness (QED) is 0.546. The third kappa shape index (κ3) is 5.24. The van der Waals surface area contributed by atoms with Gasteiger partial charge in [0.05, 0.1) is 24.2 Å². The Morgan fingerprint density at radius 3 is 2.68 bits per heavy atom. The molecule has 0 bridgehead atoms. The minimum Gasteiger partial charge on any atom is -0.495 e. The Hall–Kier alpha value is -2.57. The minimum absolute atomic E-state index is 0.126. The van der Waals surface area contributed by atoms with Crippen molar-refractivity contribution >= 4 is 35.0 Å². The standard InChI is InChI=1S/C21H20ClN3O2S/c1-3-28-21-10-8-18(24-25-21)15-5-4-6-16(13-15)23-20(26)12-14-7-9-19(27-2)17(22)11-14/h4-11,13H,3,12H2,1-2H3,(H,23,26). The molecule has 3 rings (SSSR count). The molecular weight excluding hydrogens is 394 g/mol. The zero-order valence-corrected chi connectivity index (χ0v) is 17.2. The largest absolute Gasteiger partial charge is 0.495 e. The predicted molar refractivity (Wildman–Crippen MR) is 114 cm³/mol. The van der Waals surface area contributed by atoms with Gasteiger partial charge in [-0.1, -0.05) is 36.7 Å². The first-order valence-electron chi connectivity index (χ1n) is 8.78. The number of anilines is 1. The summed E-state index contributed by atoms with van der Waals surface area (Å²) in [5.74, 6) is 1.41. The highest BCUT2D eigenvalue weighted by atomic mass is 35.5. The summed E-state index contributed by atoms with van der Waals surface area (Å²) in [5.41, 5.74) is 3.18. The number of amides is 1. The summed E-state index contributed by atoms with van der Waals surface area (Å²) >= 11 is 7.77. The summed E-state index contributed by atoms with van der Waals surface area (Å²) in [4.78, 5) is 12.4. The van der Waals surface area contributed by atoms with Crippen molar-refractivity contribution in [3.05, 3.63) is 65.2 Å². The summed E-state index contributed by atoms with van der Waals surface area (Å²) in [6.07, 6.45) is 0.219. The Bertz CT molecular complexity index is 964. The second kappa shape index (κ2) is 9.57. The molecule has 0 saturated heterocycles. The van der Waals surface area contributed by atoms with Crippen molar-refractivity contribution in [2.45, 2.75) is 18.4 Å². The van der Waals surface area contributed by atoms with E-state index in [4.69, 9.17) is 16.3 Å². The van der Waals surface area contributed by atoms with Gasteiger partial charge in [0.15, 0.2) is 0 Å². The number of halogens is 1. The van der Waals surface area contributed by atoms with Crippen LogP contribution in [0.15, 0.2) is 59.6 Å². The molecule has 7 heteroatoms. The van der Waals surface area contributed by atoms with Gasteiger partial charge in [0.25, 0.3) is 0 Å². The number of nitrogens with zero attached hydrogens (tertiary/aromatic N) is 2. The van der Waals surface area contributed by atoms with Crippen LogP contribution in [0.1, 0.15) is 12.5 Å². The van der Waals surface area contributed by atoms with Crippen molar-refractivity contribution in [2.75, 3.05) is 18.2 Å². The molecule has 1 heterocycles. The molecular formula is C21H20ClN3O2S. The van der Waals surface area contributed by atoms with Crippen molar-refractivity contribution in [3.8, 4) is 17.0 Å². The fourth-order valence-corrected chi connectivity index (χ4v) is 3.50. The van der Waals surface area contributed by atoms with Gasteiger partial charge in [-0.25, -0.2) is 0 Å². The average Bonchev–Trinajstić information content (AvgIpc) is 2.69. The second-order valence-electron chi connectivity index (χ2n) is 5.96. The number of carbonyl (C=O) groups excluding carboxylic acids is 1. The van der Waals surface area contributed by atoms with E-state index in [9.17, 15) is 4.79 Å². The molecule has 0 unspecified atom stereocenters. The van der Waals surface area contributed by atoms with Crippen molar-refractivity contribution in [3.63, 3.8) is 0 Å². The Labute approximate surface area is 173 Å². The van der Waals surface area contributed by atoms with Crippen LogP contribution in [-0.2, 0) is 11.2 Å². The number of rotatable bonds is 7. The van der Waals surface area contributed by atoms with Gasteiger partial charge in [-0.3, -0.25) is 4.79 Å². The molecule has 2 aromatic carbocycles. The van der Waals surface area contributed by atoms with Crippen LogP contribution in [0.2, 0.25) is 5.02 Å². The predicted octanol–water partition coefficient (Wildman–Crippen LogP) is 5.10. The summed E-state index contributed by atoms with van der Waals surface area (Å²) in [6.45, 7) is 2.08. The first-order valence-corrected chi connectivity index (χ1v) is 10.1. The van der Waals surface area contributed by atoms with Crippen LogP contribution in [0.4, 0.5) is 5.69 Å². The number of aromatic nitrogens is 2. The van der Waals surface area contributed by atoms with Gasteiger partial charge in [-0.05, 0) is 47.7 Å². The molecule has 28 heavy (non-hydrogen) atoms. The molecule has 5 nitrogen and oxygen atoms in total. The van der Waals surface area contributed by atoms with Crippen LogP contribution >= 0.6 is 23.4 Å². The van der Waals surface area contributed by atoms with Gasteiger partial charge in [0.2, 0.25) is 5.91 Å². The first kappa shape index (κ1) is 20.2. The molecule has 1 amide bonds. The van der Waals surface area contributed by atoms with Crippen LogP contribution < -0.4 is 10.1 Å². The molecule has 0 aliphatic carbocycles. The van der Waals surface area contributed by atoms with Crippen LogP contribution in [-0.4, -0.2) is 29.0 Å². The molecule has 0 aliphatic rings. The molecule has 0 radical (unpaired) electrons. The number of thioether (sulfide) groups is 1. The molecule has 0 atom stereocenters. The van der Waals surface area contributed by atoms with E-state index in [1.165, 1.54) is 0 Å². The number of benzene rings is 2. The van der Waals surface area contributed by atoms with E-state index in [0.717, 1.165) is 27.6 Å². The first-order chi connectivity index (χ1) is 13.6. The number of carbonyl (C=O) groups is 1. The summed E-state index contributed by atoms with van der Waals surface area (Å²) in [5, 5.41) is 12.8. The van der Waals surface area contributed by atoms with Crippen molar-refractivity contribution in [1.29, 1.82) is 0 Å². The highest BCUT2D eigenvalue weighted by molar-refractivity contribution is 7.99. The van der Waals surface area contributed by atoms with E-state index in [-0.39, 0.29) is 12.3 Å². The zero-order valence-electron chi connectivity index (χ0n) is 15.6. The zero-order chi connectivity index (χ0) is 19.9. The summed E-state index contributed by atoms with van der Waals surface area (Å²) in [6, 6.07) is 16.8. The number of hydrogen-bond acceptors (Lipinski definition) is 5. The lowest BCUT2D eigenvalue weighted by Gasteiger charge is -2.09. The third-order valence-corrected chi connectivity index (χ3v) is 5.05. The van der Waals surface area contributed by atoms with Crippen LogP contribution in [0, 0.1) is 0 Å². The number of methoxy groups -OCH3 is 1. The van der Waals surface area contributed by atoms with Gasteiger partial charge >= 0.3 is 0 Å². The summed E-state index contributed by atoms with van der Waals surface area (Å²) < 4.78 is 5.13. The summed E-state index contributed by atoms with van der Waals surface area (Å²) in [7, 11) is 1.56. The minimum atomic E-state index is -0.126. The fourth-order valence-electron chi connectivity index (χ4n) is 2.67. The fraction of sp³-hybridized carbons (Fsp3) is 0.190. The maximum atomic E-state index is 12.4. The van der Waals surface area contributed by atoms with Crippen LogP contribution in [0.25, 0.3) is 11.3 Å². The van der Waals surface area contributed by atoms with Crippen molar-refractivity contribution in [2.24, 2.45) is 0 Å². The number of hydrogen-bond donors (Lipinski definition) is 1.